The molecule has 5 heteroatoms. The number of aromatic carboxylic acids is 1. The van der Waals surface area contributed by atoms with Gasteiger partial charge in [0.15, 0.2) is 0 Å². The van der Waals surface area contributed by atoms with E-state index in [0.29, 0.717) is 18.6 Å². The van der Waals surface area contributed by atoms with Gasteiger partial charge in [0.05, 0.1) is 19.3 Å². The van der Waals surface area contributed by atoms with Gasteiger partial charge in [-0.3, -0.25) is 4.90 Å². The van der Waals surface area contributed by atoms with E-state index in [1.54, 1.807) is 31.4 Å². The van der Waals surface area contributed by atoms with Crippen molar-refractivity contribution in [3.63, 3.8) is 0 Å². The van der Waals surface area contributed by atoms with Crippen LogP contribution in [0.1, 0.15) is 54.1 Å². The summed E-state index contributed by atoms with van der Waals surface area (Å²) in [7, 11) is 1.74. The summed E-state index contributed by atoms with van der Waals surface area (Å²) in [5.74, 6) is 2.19. The van der Waals surface area contributed by atoms with E-state index in [2.05, 4.69) is 30.0 Å². The monoisotopic (exact) mass is 435 g/mol. The molecule has 170 valence electrons. The molecule has 0 aromatic heterocycles. The second kappa shape index (κ2) is 8.43. The second-order valence-electron chi connectivity index (χ2n) is 9.86. The highest BCUT2D eigenvalue weighted by Gasteiger charge is 2.51. The van der Waals surface area contributed by atoms with Gasteiger partial charge in [-0.05, 0) is 98.0 Å². The fourth-order valence-electron chi connectivity index (χ4n) is 6.05. The molecule has 0 radical (unpaired) electrons. The number of likely N-dealkylation sites (tertiary alicyclic amines) is 1. The molecule has 32 heavy (non-hydrogen) atoms. The number of carbonyl (C=O) groups is 1. The quantitative estimate of drug-likeness (QED) is 0.647. The molecule has 2 fully saturated rings. The van der Waals surface area contributed by atoms with Crippen LogP contribution in [0.4, 0.5) is 0 Å². The van der Waals surface area contributed by atoms with Gasteiger partial charge in [0.1, 0.15) is 11.5 Å². The SMILES string of the molecule is COc1ccc2c(c1)[C@]1(CCOc3ccc(C(=O)O)cc3)CCN(CC3CC3)[C@H](C2)[C@@H]1C. The van der Waals surface area contributed by atoms with Gasteiger partial charge < -0.3 is 14.6 Å². The molecule has 5 nitrogen and oxygen atoms in total. The van der Waals surface area contributed by atoms with E-state index in [1.807, 2.05) is 0 Å². The average Bonchev–Trinajstić information content (AvgIpc) is 3.61. The molecule has 3 aliphatic rings. The van der Waals surface area contributed by atoms with Crippen molar-refractivity contribution in [1.29, 1.82) is 0 Å². The average molecular weight is 436 g/mol. The first-order valence-corrected chi connectivity index (χ1v) is 11.9. The fourth-order valence-corrected chi connectivity index (χ4v) is 6.05. The number of ether oxygens (including phenoxy) is 2. The van der Waals surface area contributed by atoms with Crippen molar-refractivity contribution in [1.82, 2.24) is 4.90 Å². The van der Waals surface area contributed by atoms with Gasteiger partial charge in [0.25, 0.3) is 0 Å². The first kappa shape index (κ1) is 21.3. The summed E-state index contributed by atoms with van der Waals surface area (Å²) in [5, 5.41) is 9.11. The molecule has 0 spiro atoms. The molecule has 1 N–H and O–H groups in total. The van der Waals surface area contributed by atoms with Crippen LogP contribution >= 0.6 is 0 Å². The molecule has 3 atom stereocenters. The maximum absolute atomic E-state index is 11.1. The number of hydrogen-bond acceptors (Lipinski definition) is 4. The molecule has 2 aromatic carbocycles. The first-order valence-electron chi connectivity index (χ1n) is 11.9. The summed E-state index contributed by atoms with van der Waals surface area (Å²) in [6.07, 6.45) is 5.99. The van der Waals surface area contributed by atoms with Crippen LogP contribution in [0.3, 0.4) is 0 Å². The third-order valence-corrected chi connectivity index (χ3v) is 8.15. The van der Waals surface area contributed by atoms with Crippen molar-refractivity contribution in [3.05, 3.63) is 59.2 Å². The zero-order valence-electron chi connectivity index (χ0n) is 19.0. The van der Waals surface area contributed by atoms with Crippen LogP contribution in [0.2, 0.25) is 0 Å². The number of carboxylic acid groups (broad SMARTS) is 1. The number of piperidine rings is 1. The van der Waals surface area contributed by atoms with Crippen molar-refractivity contribution >= 4 is 5.97 Å². The molecular formula is C27H33NO4. The van der Waals surface area contributed by atoms with E-state index < -0.39 is 5.97 Å². The Bertz CT molecular complexity index is 984. The van der Waals surface area contributed by atoms with Gasteiger partial charge in [-0.1, -0.05) is 13.0 Å². The van der Waals surface area contributed by atoms with Crippen molar-refractivity contribution < 1.29 is 19.4 Å². The van der Waals surface area contributed by atoms with Gasteiger partial charge in [-0.2, -0.15) is 0 Å². The second-order valence-corrected chi connectivity index (χ2v) is 9.86. The van der Waals surface area contributed by atoms with Crippen LogP contribution in [0.25, 0.3) is 0 Å². The molecule has 2 aliphatic carbocycles. The lowest BCUT2D eigenvalue weighted by Crippen LogP contribution is -2.59. The minimum Gasteiger partial charge on any atom is -0.497 e. The predicted molar refractivity (Wildman–Crippen MR) is 124 cm³/mol. The van der Waals surface area contributed by atoms with E-state index in [-0.39, 0.29) is 11.0 Å². The number of rotatable bonds is 8. The molecule has 0 unspecified atom stereocenters. The van der Waals surface area contributed by atoms with Crippen molar-refractivity contribution in [2.24, 2.45) is 11.8 Å². The van der Waals surface area contributed by atoms with Crippen LogP contribution in [-0.4, -0.2) is 48.8 Å². The van der Waals surface area contributed by atoms with Gasteiger partial charge in [0.2, 0.25) is 0 Å². The number of fused-ring (bicyclic) bond motifs is 4. The Morgan fingerprint density at radius 2 is 1.91 bits per heavy atom. The highest BCUT2D eigenvalue weighted by atomic mass is 16.5. The summed E-state index contributed by atoms with van der Waals surface area (Å²) in [4.78, 5) is 13.9. The Morgan fingerprint density at radius 3 is 2.59 bits per heavy atom. The van der Waals surface area contributed by atoms with E-state index in [0.717, 1.165) is 43.2 Å². The Labute approximate surface area is 190 Å². The molecule has 5 rings (SSSR count). The van der Waals surface area contributed by atoms with Gasteiger partial charge >= 0.3 is 5.97 Å². The lowest BCUT2D eigenvalue weighted by molar-refractivity contribution is 0.00988. The zero-order chi connectivity index (χ0) is 22.3. The number of methoxy groups -OCH3 is 1. The zero-order valence-corrected chi connectivity index (χ0v) is 19.0. The third-order valence-electron chi connectivity index (χ3n) is 8.15. The normalized spacial score (nSPS) is 26.9. The Balaban J connectivity index is 1.38. The van der Waals surface area contributed by atoms with Gasteiger partial charge in [0, 0.05) is 18.0 Å². The van der Waals surface area contributed by atoms with E-state index in [4.69, 9.17) is 14.6 Å². The Hall–Kier alpha value is -2.53. The third kappa shape index (κ3) is 3.88. The Kier molecular flexibility index (Phi) is 5.62. The smallest absolute Gasteiger partial charge is 0.335 e. The number of carboxylic acids is 1. The summed E-state index contributed by atoms with van der Waals surface area (Å²) < 4.78 is 11.7. The summed E-state index contributed by atoms with van der Waals surface area (Å²) in [6.45, 7) is 5.45. The molecule has 2 bridgehead atoms. The standard InChI is InChI=1S/C27H33NO4/c1-18-25-15-21-7-10-23(31-2)16-24(21)27(18,11-13-28(25)17-19-3-4-19)12-14-32-22-8-5-20(6-9-22)26(29)30/h5-10,16,18-19,25H,3-4,11-15,17H2,1-2H3,(H,29,30)/t18-,25+,27-/m0/s1. The maximum Gasteiger partial charge on any atom is 0.335 e. The number of hydrogen-bond donors (Lipinski definition) is 1. The van der Waals surface area contributed by atoms with Crippen molar-refractivity contribution in [2.45, 2.75) is 50.5 Å². The van der Waals surface area contributed by atoms with Gasteiger partial charge in [-0.15, -0.1) is 0 Å². The summed E-state index contributed by atoms with van der Waals surface area (Å²) in [6, 6.07) is 13.9. The van der Waals surface area contributed by atoms with E-state index in [9.17, 15) is 4.79 Å². The lowest BCUT2D eigenvalue weighted by Gasteiger charge is -2.56. The molecule has 2 aromatic rings. The van der Waals surface area contributed by atoms with Crippen LogP contribution in [0.15, 0.2) is 42.5 Å². The van der Waals surface area contributed by atoms with Crippen LogP contribution < -0.4 is 9.47 Å². The summed E-state index contributed by atoms with van der Waals surface area (Å²) in [5.41, 5.74) is 3.26. The highest BCUT2D eigenvalue weighted by Crippen LogP contribution is 2.52. The predicted octanol–water partition coefficient (Wildman–Crippen LogP) is 4.78. The highest BCUT2D eigenvalue weighted by molar-refractivity contribution is 5.87. The fraction of sp³-hybridized carbons (Fsp3) is 0.519. The molecule has 1 saturated heterocycles. The molecule has 1 aliphatic heterocycles. The molecule has 0 amide bonds. The molecule has 1 saturated carbocycles. The summed E-state index contributed by atoms with van der Waals surface area (Å²) >= 11 is 0. The maximum atomic E-state index is 11.1. The van der Waals surface area contributed by atoms with Crippen LogP contribution in [0.5, 0.6) is 11.5 Å². The minimum absolute atomic E-state index is 0.0772. The number of nitrogens with zero attached hydrogens (tertiary/aromatic N) is 1. The van der Waals surface area contributed by atoms with Gasteiger partial charge in [-0.25, -0.2) is 4.79 Å². The van der Waals surface area contributed by atoms with Crippen molar-refractivity contribution in [2.75, 3.05) is 26.8 Å². The van der Waals surface area contributed by atoms with Crippen molar-refractivity contribution in [3.8, 4) is 11.5 Å². The molecular weight excluding hydrogens is 402 g/mol. The van der Waals surface area contributed by atoms with E-state index in [1.165, 1.54) is 30.5 Å². The van der Waals surface area contributed by atoms with Crippen LogP contribution in [0, 0.1) is 11.8 Å². The van der Waals surface area contributed by atoms with E-state index >= 15 is 0 Å². The first-order chi connectivity index (χ1) is 15.5. The number of benzene rings is 2. The van der Waals surface area contributed by atoms with Crippen LogP contribution in [-0.2, 0) is 11.8 Å². The lowest BCUT2D eigenvalue weighted by atomic mass is 9.56. The minimum atomic E-state index is -0.916. The topological polar surface area (TPSA) is 59.0 Å². The Morgan fingerprint density at radius 1 is 1.16 bits per heavy atom. The largest absolute Gasteiger partial charge is 0.497 e. The molecule has 1 heterocycles.